The Morgan fingerprint density at radius 3 is 2.48 bits per heavy atom. The lowest BCUT2D eigenvalue weighted by Gasteiger charge is -2.13. The van der Waals surface area contributed by atoms with Crippen LogP contribution in [-0.4, -0.2) is 56.6 Å². The van der Waals surface area contributed by atoms with Crippen molar-refractivity contribution in [1.29, 1.82) is 0 Å². The topological polar surface area (TPSA) is 52.6 Å². The van der Waals surface area contributed by atoms with Crippen LogP contribution in [0.15, 0.2) is 10.4 Å². The van der Waals surface area contributed by atoms with E-state index in [1.807, 2.05) is 14.1 Å². The first kappa shape index (κ1) is 22.4. The molecule has 0 saturated carbocycles. The summed E-state index contributed by atoms with van der Waals surface area (Å²) in [7, 11) is 5.68. The van der Waals surface area contributed by atoms with E-state index in [-0.39, 0.29) is 24.0 Å². The second-order valence-electron chi connectivity index (χ2n) is 4.96. The highest BCUT2D eigenvalue weighted by Gasteiger charge is 2.33. The maximum absolute atomic E-state index is 12.4. The maximum Gasteiger partial charge on any atom is 0.434 e. The number of thiazole rings is 1. The summed E-state index contributed by atoms with van der Waals surface area (Å²) in [5.74, 6) is 0.645. The molecule has 0 fully saturated rings. The maximum atomic E-state index is 12.4. The van der Waals surface area contributed by atoms with Crippen molar-refractivity contribution < 1.29 is 13.2 Å². The average Bonchev–Trinajstić information content (AvgIpc) is 2.90. The van der Waals surface area contributed by atoms with E-state index in [4.69, 9.17) is 0 Å². The van der Waals surface area contributed by atoms with Crippen LogP contribution in [0.5, 0.6) is 0 Å². The molecule has 0 aliphatic carbocycles. The molecule has 0 amide bonds. The van der Waals surface area contributed by atoms with Gasteiger partial charge < -0.3 is 15.5 Å². The summed E-state index contributed by atoms with van der Waals surface area (Å²) in [6, 6.07) is 0. The van der Waals surface area contributed by atoms with Crippen molar-refractivity contribution >= 4 is 41.3 Å². The smallest absolute Gasteiger partial charge is 0.356 e. The van der Waals surface area contributed by atoms with Gasteiger partial charge in [0.25, 0.3) is 0 Å². The van der Waals surface area contributed by atoms with Crippen LogP contribution in [0, 0.1) is 0 Å². The van der Waals surface area contributed by atoms with Crippen LogP contribution in [0.25, 0.3) is 0 Å². The summed E-state index contributed by atoms with van der Waals surface area (Å²) in [6.45, 7) is 2.24. The van der Waals surface area contributed by atoms with Gasteiger partial charge in [0.1, 0.15) is 0 Å². The Labute approximate surface area is 155 Å². The van der Waals surface area contributed by atoms with Crippen molar-refractivity contribution in [3.8, 4) is 0 Å². The standard InChI is InChI=1S/C13H22F3N5S.HI/c1-17-12(18-6-4-8-21(2)3)19-7-5-11-20-10(9-22-11)13(14,15)16;/h9H,4-8H2,1-3H3,(H2,17,18,19);1H. The number of guanidine groups is 1. The fourth-order valence-corrected chi connectivity index (χ4v) is 2.47. The van der Waals surface area contributed by atoms with Gasteiger partial charge in [0.05, 0.1) is 5.01 Å². The third-order valence-corrected chi connectivity index (χ3v) is 3.68. The highest BCUT2D eigenvalue weighted by atomic mass is 127. The van der Waals surface area contributed by atoms with Crippen LogP contribution >= 0.6 is 35.3 Å². The molecule has 0 atom stereocenters. The van der Waals surface area contributed by atoms with E-state index in [1.54, 1.807) is 7.05 Å². The number of nitrogens with one attached hydrogen (secondary N) is 2. The van der Waals surface area contributed by atoms with Crippen LogP contribution in [0.3, 0.4) is 0 Å². The molecule has 0 spiro atoms. The van der Waals surface area contributed by atoms with Crippen molar-refractivity contribution in [2.24, 2.45) is 4.99 Å². The Morgan fingerprint density at radius 1 is 1.30 bits per heavy atom. The third-order valence-electron chi connectivity index (χ3n) is 2.77. The van der Waals surface area contributed by atoms with Crippen LogP contribution in [0.1, 0.15) is 17.1 Å². The monoisotopic (exact) mass is 465 g/mol. The molecule has 2 N–H and O–H groups in total. The molecule has 134 valence electrons. The predicted molar refractivity (Wildman–Crippen MR) is 98.8 cm³/mol. The van der Waals surface area contributed by atoms with Gasteiger partial charge in [-0.25, -0.2) is 4.98 Å². The van der Waals surface area contributed by atoms with Gasteiger partial charge in [-0.2, -0.15) is 13.2 Å². The molecule has 23 heavy (non-hydrogen) atoms. The van der Waals surface area contributed by atoms with Crippen molar-refractivity contribution in [2.75, 3.05) is 40.8 Å². The zero-order chi connectivity index (χ0) is 16.6. The van der Waals surface area contributed by atoms with Gasteiger partial charge in [-0.1, -0.05) is 0 Å². The van der Waals surface area contributed by atoms with Gasteiger partial charge in [0, 0.05) is 31.9 Å². The van der Waals surface area contributed by atoms with Gasteiger partial charge in [0.15, 0.2) is 11.7 Å². The van der Waals surface area contributed by atoms with Crippen LogP contribution < -0.4 is 10.6 Å². The predicted octanol–water partition coefficient (Wildman–Crippen LogP) is 2.44. The molecule has 1 heterocycles. The molecule has 0 aromatic carbocycles. The molecular formula is C13H23F3IN5S. The van der Waals surface area contributed by atoms with Gasteiger partial charge >= 0.3 is 6.18 Å². The summed E-state index contributed by atoms with van der Waals surface area (Å²) in [5.41, 5.74) is -0.821. The van der Waals surface area contributed by atoms with Crippen LogP contribution in [0.2, 0.25) is 0 Å². The highest BCUT2D eigenvalue weighted by Crippen LogP contribution is 2.29. The minimum absolute atomic E-state index is 0. The Kier molecular flexibility index (Phi) is 10.7. The van der Waals surface area contributed by atoms with Crippen molar-refractivity contribution in [3.63, 3.8) is 0 Å². The first-order chi connectivity index (χ1) is 10.3. The molecule has 5 nitrogen and oxygen atoms in total. The number of aromatic nitrogens is 1. The quantitative estimate of drug-likeness (QED) is 0.281. The fourth-order valence-electron chi connectivity index (χ4n) is 1.67. The molecule has 0 bridgehead atoms. The molecule has 0 unspecified atom stereocenters. The number of hydrogen-bond acceptors (Lipinski definition) is 4. The normalized spacial score (nSPS) is 12.2. The van der Waals surface area contributed by atoms with Crippen molar-refractivity contribution in [3.05, 3.63) is 16.1 Å². The first-order valence-corrected chi connectivity index (χ1v) is 7.81. The molecule has 0 aliphatic heterocycles. The molecule has 0 saturated heterocycles. The van der Waals surface area contributed by atoms with Crippen LogP contribution in [0.4, 0.5) is 13.2 Å². The fraction of sp³-hybridized carbons (Fsp3) is 0.692. The van der Waals surface area contributed by atoms with Gasteiger partial charge in [-0.15, -0.1) is 35.3 Å². The Hall–Kier alpha value is -0.620. The lowest BCUT2D eigenvalue weighted by atomic mass is 10.4. The number of halogens is 4. The molecule has 1 rings (SSSR count). The second kappa shape index (κ2) is 11.0. The number of hydrogen-bond donors (Lipinski definition) is 2. The lowest BCUT2D eigenvalue weighted by molar-refractivity contribution is -0.140. The second-order valence-corrected chi connectivity index (χ2v) is 5.90. The number of aliphatic imine (C=N–C) groups is 1. The summed E-state index contributed by atoms with van der Waals surface area (Å²) in [5, 5.41) is 7.73. The van der Waals surface area contributed by atoms with E-state index in [1.165, 1.54) is 0 Å². The van der Waals surface area contributed by atoms with Crippen molar-refractivity contribution in [2.45, 2.75) is 19.0 Å². The SMILES string of the molecule is CN=C(NCCCN(C)C)NCCc1nc(C(F)(F)F)cs1.I. The van der Waals surface area contributed by atoms with E-state index >= 15 is 0 Å². The molecule has 0 radical (unpaired) electrons. The molecule has 1 aromatic rings. The summed E-state index contributed by atoms with van der Waals surface area (Å²) in [6.07, 6.45) is -2.96. The average molecular weight is 465 g/mol. The van der Waals surface area contributed by atoms with E-state index in [9.17, 15) is 13.2 Å². The highest BCUT2D eigenvalue weighted by molar-refractivity contribution is 14.0. The number of alkyl halides is 3. The van der Waals surface area contributed by atoms with Gasteiger partial charge in [0.2, 0.25) is 0 Å². The summed E-state index contributed by atoms with van der Waals surface area (Å²) in [4.78, 5) is 9.75. The van der Waals surface area contributed by atoms with Gasteiger partial charge in [-0.05, 0) is 27.1 Å². The molecule has 1 aromatic heterocycles. The minimum Gasteiger partial charge on any atom is -0.356 e. The largest absolute Gasteiger partial charge is 0.434 e. The summed E-state index contributed by atoms with van der Waals surface area (Å²) < 4.78 is 37.3. The van der Waals surface area contributed by atoms with Crippen molar-refractivity contribution in [1.82, 2.24) is 20.5 Å². The van der Waals surface area contributed by atoms with E-state index in [0.717, 1.165) is 36.2 Å². The minimum atomic E-state index is -4.37. The summed E-state index contributed by atoms with van der Waals surface area (Å²) >= 11 is 1.02. The van der Waals surface area contributed by atoms with E-state index in [0.29, 0.717) is 23.9 Å². The number of rotatable bonds is 7. The zero-order valence-corrected chi connectivity index (χ0v) is 16.6. The van der Waals surface area contributed by atoms with E-state index in [2.05, 4.69) is 25.5 Å². The first-order valence-electron chi connectivity index (χ1n) is 6.93. The number of nitrogens with zero attached hydrogens (tertiary/aromatic N) is 3. The van der Waals surface area contributed by atoms with E-state index < -0.39 is 11.9 Å². The third kappa shape index (κ3) is 9.30. The zero-order valence-electron chi connectivity index (χ0n) is 13.4. The van der Waals surface area contributed by atoms with Gasteiger partial charge in [-0.3, -0.25) is 4.99 Å². The van der Waals surface area contributed by atoms with Crippen LogP contribution in [-0.2, 0) is 12.6 Å². The Balaban J connectivity index is 0.00000484. The molecular weight excluding hydrogens is 442 g/mol. The molecule has 0 aliphatic rings. The molecule has 10 heteroatoms. The lowest BCUT2D eigenvalue weighted by Crippen LogP contribution is -2.39. The Morgan fingerprint density at radius 2 is 1.96 bits per heavy atom. The Bertz CT molecular complexity index is 476.